The zero-order valence-corrected chi connectivity index (χ0v) is 18.2. The molecule has 4 rings (SSSR count). The third kappa shape index (κ3) is 6.06. The Bertz CT molecular complexity index is 1150. The minimum absolute atomic E-state index is 0.0474. The largest absolute Gasteiger partial charge is 0.345 e. The number of amides is 2. The number of hydrogen-bond acceptors (Lipinski definition) is 4. The fourth-order valence-corrected chi connectivity index (χ4v) is 4.00. The molecule has 1 aromatic heterocycles. The molecule has 170 valence electrons. The minimum Gasteiger partial charge on any atom is -0.345 e. The molecule has 0 spiro atoms. The highest BCUT2D eigenvalue weighted by molar-refractivity contribution is 5.92. The van der Waals surface area contributed by atoms with Gasteiger partial charge in [-0.1, -0.05) is 60.7 Å². The van der Waals surface area contributed by atoms with Crippen LogP contribution >= 0.6 is 0 Å². The number of aromatic amines is 2. The van der Waals surface area contributed by atoms with Crippen molar-refractivity contribution in [2.45, 2.75) is 25.3 Å². The summed E-state index contributed by atoms with van der Waals surface area (Å²) in [5.41, 5.74) is 1.59. The topological polar surface area (TPSA) is 111 Å². The van der Waals surface area contributed by atoms with Crippen LogP contribution in [0, 0.1) is 5.92 Å². The molecule has 8 heteroatoms. The average Bonchev–Trinajstić information content (AvgIpc) is 3.29. The van der Waals surface area contributed by atoms with Gasteiger partial charge in [-0.15, -0.1) is 0 Å². The number of hydrogen-bond donors (Lipinski definition) is 3. The Morgan fingerprint density at radius 2 is 1.73 bits per heavy atom. The lowest BCUT2D eigenvalue weighted by atomic mass is 9.95. The standard InChI is InChI=1S/C25H27N5O3/c31-22(12-11-18-7-3-1-4-8-18)30-15-13-20(14-16-30)24(32)26-21(23-27-25(33)29-28-23)17-19-9-5-2-6-10-19/h1-12,20-21H,13-17H2,(H,26,32)(H2,27,28,29,33)/b12-11+. The van der Waals surface area contributed by atoms with Crippen molar-refractivity contribution in [1.29, 1.82) is 0 Å². The Balaban J connectivity index is 1.34. The van der Waals surface area contributed by atoms with Crippen molar-refractivity contribution in [3.05, 3.63) is 94.2 Å². The summed E-state index contributed by atoms with van der Waals surface area (Å²) in [7, 11) is 0. The number of benzene rings is 2. The Labute approximate surface area is 191 Å². The van der Waals surface area contributed by atoms with Gasteiger partial charge in [0.25, 0.3) is 0 Å². The summed E-state index contributed by atoms with van der Waals surface area (Å²) in [5, 5.41) is 9.44. The van der Waals surface area contributed by atoms with E-state index >= 15 is 0 Å². The van der Waals surface area contributed by atoms with Crippen LogP contribution in [0.5, 0.6) is 0 Å². The molecule has 2 heterocycles. The van der Waals surface area contributed by atoms with Gasteiger partial charge in [0.1, 0.15) is 0 Å². The van der Waals surface area contributed by atoms with E-state index in [0.29, 0.717) is 38.2 Å². The van der Waals surface area contributed by atoms with Crippen molar-refractivity contribution in [2.24, 2.45) is 5.92 Å². The monoisotopic (exact) mass is 445 g/mol. The maximum atomic E-state index is 13.0. The number of carbonyl (C=O) groups is 2. The quantitative estimate of drug-likeness (QED) is 0.485. The average molecular weight is 446 g/mol. The molecule has 1 aliphatic rings. The second-order valence-corrected chi connectivity index (χ2v) is 8.16. The molecule has 3 N–H and O–H groups in total. The van der Waals surface area contributed by atoms with Crippen molar-refractivity contribution in [1.82, 2.24) is 25.4 Å². The van der Waals surface area contributed by atoms with E-state index in [1.165, 1.54) is 0 Å². The van der Waals surface area contributed by atoms with Gasteiger partial charge in [0.05, 0.1) is 6.04 Å². The first kappa shape index (κ1) is 22.3. The molecule has 2 amide bonds. The van der Waals surface area contributed by atoms with E-state index in [2.05, 4.69) is 20.5 Å². The first-order valence-electron chi connectivity index (χ1n) is 11.1. The van der Waals surface area contributed by atoms with Crippen LogP contribution in [-0.2, 0) is 16.0 Å². The molecule has 0 saturated carbocycles. The summed E-state index contributed by atoms with van der Waals surface area (Å²) >= 11 is 0. The van der Waals surface area contributed by atoms with Gasteiger partial charge in [-0.05, 0) is 36.5 Å². The fraction of sp³-hybridized carbons (Fsp3) is 0.280. The van der Waals surface area contributed by atoms with E-state index < -0.39 is 11.7 Å². The maximum absolute atomic E-state index is 13.0. The third-order valence-electron chi connectivity index (χ3n) is 5.84. The fourth-order valence-electron chi connectivity index (χ4n) is 4.00. The molecule has 0 radical (unpaired) electrons. The lowest BCUT2D eigenvalue weighted by molar-refractivity contribution is -0.132. The first-order chi connectivity index (χ1) is 16.1. The lowest BCUT2D eigenvalue weighted by Crippen LogP contribution is -2.43. The van der Waals surface area contributed by atoms with Crippen molar-refractivity contribution in [3.63, 3.8) is 0 Å². The summed E-state index contributed by atoms with van der Waals surface area (Å²) in [6, 6.07) is 19.0. The van der Waals surface area contributed by atoms with Crippen LogP contribution in [0.3, 0.4) is 0 Å². The van der Waals surface area contributed by atoms with E-state index in [4.69, 9.17) is 0 Å². The molecular formula is C25H27N5O3. The number of piperidine rings is 1. The first-order valence-corrected chi connectivity index (χ1v) is 11.1. The highest BCUT2D eigenvalue weighted by Gasteiger charge is 2.29. The van der Waals surface area contributed by atoms with Crippen LogP contribution in [0.1, 0.15) is 35.8 Å². The maximum Gasteiger partial charge on any atom is 0.340 e. The number of rotatable bonds is 7. The third-order valence-corrected chi connectivity index (χ3v) is 5.84. The molecule has 8 nitrogen and oxygen atoms in total. The lowest BCUT2D eigenvalue weighted by Gasteiger charge is -2.31. The molecule has 0 bridgehead atoms. The smallest absolute Gasteiger partial charge is 0.340 e. The number of carbonyl (C=O) groups excluding carboxylic acids is 2. The molecular weight excluding hydrogens is 418 g/mol. The second-order valence-electron chi connectivity index (χ2n) is 8.16. The van der Waals surface area contributed by atoms with E-state index in [1.807, 2.05) is 60.7 Å². The molecule has 1 unspecified atom stereocenters. The van der Waals surface area contributed by atoms with E-state index in [9.17, 15) is 14.4 Å². The van der Waals surface area contributed by atoms with Crippen LogP contribution in [0.2, 0.25) is 0 Å². The predicted octanol–water partition coefficient (Wildman–Crippen LogP) is 2.45. The van der Waals surface area contributed by atoms with Crippen LogP contribution in [0.4, 0.5) is 0 Å². The van der Waals surface area contributed by atoms with Gasteiger partial charge < -0.3 is 10.2 Å². The van der Waals surface area contributed by atoms with Crippen LogP contribution in [0.25, 0.3) is 6.08 Å². The normalized spacial score (nSPS) is 15.5. The highest BCUT2D eigenvalue weighted by Crippen LogP contribution is 2.21. The number of H-pyrrole nitrogens is 2. The van der Waals surface area contributed by atoms with Gasteiger partial charge in [0.2, 0.25) is 11.8 Å². The summed E-state index contributed by atoms with van der Waals surface area (Å²) < 4.78 is 0. The van der Waals surface area contributed by atoms with Crippen molar-refractivity contribution in [2.75, 3.05) is 13.1 Å². The number of likely N-dealkylation sites (tertiary alicyclic amines) is 1. The number of nitrogens with one attached hydrogen (secondary N) is 3. The van der Waals surface area contributed by atoms with Gasteiger partial charge in [0.15, 0.2) is 5.82 Å². The zero-order chi connectivity index (χ0) is 23.0. The Morgan fingerprint density at radius 3 is 2.36 bits per heavy atom. The summed E-state index contributed by atoms with van der Waals surface area (Å²) in [6.07, 6.45) is 5.08. The van der Waals surface area contributed by atoms with Crippen LogP contribution in [-0.4, -0.2) is 45.0 Å². The van der Waals surface area contributed by atoms with Gasteiger partial charge in [0, 0.05) is 25.1 Å². The van der Waals surface area contributed by atoms with Gasteiger partial charge in [-0.3, -0.25) is 14.6 Å². The van der Waals surface area contributed by atoms with Gasteiger partial charge >= 0.3 is 5.69 Å². The molecule has 3 aromatic rings. The Morgan fingerprint density at radius 1 is 1.06 bits per heavy atom. The molecule has 1 saturated heterocycles. The summed E-state index contributed by atoms with van der Waals surface area (Å²) in [4.78, 5) is 41.5. The van der Waals surface area contributed by atoms with Crippen LogP contribution in [0.15, 0.2) is 71.5 Å². The molecule has 2 aromatic carbocycles. The van der Waals surface area contributed by atoms with E-state index in [1.54, 1.807) is 17.1 Å². The Kier molecular flexibility index (Phi) is 7.14. The van der Waals surface area contributed by atoms with Crippen molar-refractivity contribution < 1.29 is 9.59 Å². The molecule has 1 atom stereocenters. The minimum atomic E-state index is -0.452. The van der Waals surface area contributed by atoms with Gasteiger partial charge in [-0.2, -0.15) is 5.10 Å². The molecule has 1 fully saturated rings. The Hall–Kier alpha value is -3.94. The van der Waals surface area contributed by atoms with Gasteiger partial charge in [-0.25, -0.2) is 9.89 Å². The van der Waals surface area contributed by atoms with E-state index in [0.717, 1.165) is 11.1 Å². The number of nitrogens with zero attached hydrogens (tertiary/aromatic N) is 2. The molecule has 1 aliphatic heterocycles. The molecule has 0 aliphatic carbocycles. The number of aromatic nitrogens is 3. The van der Waals surface area contributed by atoms with Crippen molar-refractivity contribution in [3.8, 4) is 0 Å². The summed E-state index contributed by atoms with van der Waals surface area (Å²) in [5.74, 6) is 0.0624. The van der Waals surface area contributed by atoms with E-state index in [-0.39, 0.29) is 17.7 Å². The van der Waals surface area contributed by atoms with Crippen LogP contribution < -0.4 is 11.0 Å². The second kappa shape index (κ2) is 10.6. The SMILES string of the molecule is O=C(NC(Cc1ccccc1)c1n[nH]c(=O)[nH]1)C1CCN(C(=O)/C=C/c2ccccc2)CC1. The van der Waals surface area contributed by atoms with Crippen molar-refractivity contribution >= 4 is 17.9 Å². The predicted molar refractivity (Wildman–Crippen MR) is 125 cm³/mol. The zero-order valence-electron chi connectivity index (χ0n) is 18.2. The summed E-state index contributed by atoms with van der Waals surface area (Å²) in [6.45, 7) is 1.05. The highest BCUT2D eigenvalue weighted by atomic mass is 16.2. The molecule has 33 heavy (non-hydrogen) atoms.